The summed E-state index contributed by atoms with van der Waals surface area (Å²) < 4.78 is 58.8. The van der Waals surface area contributed by atoms with Crippen molar-refractivity contribution in [1.29, 1.82) is 0 Å². The van der Waals surface area contributed by atoms with E-state index in [9.17, 15) is 23.1 Å². The van der Waals surface area contributed by atoms with Crippen molar-refractivity contribution in [3.63, 3.8) is 0 Å². The normalized spacial score (nSPS) is 30.4. The molecule has 0 spiro atoms. The minimum Gasteiger partial charge on any atom is -0.405 e. The summed E-state index contributed by atoms with van der Waals surface area (Å²) >= 11 is 0. The highest BCUT2D eigenvalue weighted by molar-refractivity contribution is 5.76. The number of nitrogens with zero attached hydrogens (tertiary/aromatic N) is 1. The second-order valence-corrected chi connectivity index (χ2v) is 8.15. The lowest BCUT2D eigenvalue weighted by molar-refractivity contribution is -0.274. The second kappa shape index (κ2) is 9.92. The molecule has 3 heterocycles. The zero-order valence-corrected chi connectivity index (χ0v) is 17.4. The summed E-state index contributed by atoms with van der Waals surface area (Å²) in [6, 6.07) is 5.88. The molecule has 0 saturated carbocycles. The molecule has 1 amide bonds. The van der Waals surface area contributed by atoms with E-state index in [1.54, 1.807) is 11.0 Å². The van der Waals surface area contributed by atoms with E-state index >= 15 is 0 Å². The van der Waals surface area contributed by atoms with E-state index in [2.05, 4.69) is 10.1 Å². The third-order valence-corrected chi connectivity index (χ3v) is 5.90. The molecule has 11 heteroatoms. The molecule has 0 aliphatic carbocycles. The molecule has 0 unspecified atom stereocenters. The van der Waals surface area contributed by atoms with E-state index in [0.717, 1.165) is 0 Å². The summed E-state index contributed by atoms with van der Waals surface area (Å²) in [4.78, 5) is 14.2. The Hall–Kier alpha value is -1.92. The van der Waals surface area contributed by atoms with E-state index in [4.69, 9.17) is 14.2 Å². The number of carbonyl (C=O) groups excluding carboxylic acids is 1. The number of fused-ring (bicyclic) bond motifs is 1. The van der Waals surface area contributed by atoms with Gasteiger partial charge in [0.1, 0.15) is 18.0 Å². The first kappa shape index (κ1) is 23.2. The zero-order chi connectivity index (χ0) is 22.7. The van der Waals surface area contributed by atoms with Crippen molar-refractivity contribution >= 4 is 5.91 Å². The lowest BCUT2D eigenvalue weighted by Gasteiger charge is -2.28. The summed E-state index contributed by atoms with van der Waals surface area (Å²) in [7, 11) is 0. The van der Waals surface area contributed by atoms with Gasteiger partial charge in [0.15, 0.2) is 0 Å². The zero-order valence-electron chi connectivity index (χ0n) is 17.4. The molecule has 3 aliphatic rings. The molecule has 8 nitrogen and oxygen atoms in total. The molecule has 0 radical (unpaired) electrons. The number of rotatable bonds is 7. The van der Waals surface area contributed by atoms with E-state index in [1.165, 1.54) is 18.2 Å². The second-order valence-electron chi connectivity index (χ2n) is 8.15. The van der Waals surface area contributed by atoms with Crippen molar-refractivity contribution in [3.8, 4) is 5.75 Å². The van der Waals surface area contributed by atoms with Gasteiger partial charge in [-0.3, -0.25) is 4.79 Å². The van der Waals surface area contributed by atoms with Crippen molar-refractivity contribution < 1.29 is 42.0 Å². The Morgan fingerprint density at radius 2 is 1.97 bits per heavy atom. The van der Waals surface area contributed by atoms with Gasteiger partial charge in [-0.2, -0.15) is 0 Å². The number of aliphatic hydroxyl groups is 1. The van der Waals surface area contributed by atoms with Crippen LogP contribution in [0.1, 0.15) is 18.4 Å². The fraction of sp³-hybridized carbons (Fsp3) is 0.667. The highest BCUT2D eigenvalue weighted by Gasteiger charge is 2.50. The highest BCUT2D eigenvalue weighted by Crippen LogP contribution is 2.35. The van der Waals surface area contributed by atoms with Crippen LogP contribution in [0.2, 0.25) is 0 Å². The molecule has 4 rings (SSSR count). The fourth-order valence-corrected chi connectivity index (χ4v) is 4.37. The minimum atomic E-state index is -4.77. The minimum absolute atomic E-state index is 0.00530. The van der Waals surface area contributed by atoms with Crippen LogP contribution in [0.5, 0.6) is 5.75 Å². The summed E-state index contributed by atoms with van der Waals surface area (Å²) in [5.74, 6) is -0.265. The van der Waals surface area contributed by atoms with Crippen LogP contribution in [0.25, 0.3) is 0 Å². The van der Waals surface area contributed by atoms with Gasteiger partial charge in [-0.15, -0.1) is 13.2 Å². The smallest absolute Gasteiger partial charge is 0.405 e. The van der Waals surface area contributed by atoms with Gasteiger partial charge in [0.25, 0.3) is 0 Å². The quantitative estimate of drug-likeness (QED) is 0.632. The Kier molecular flexibility index (Phi) is 7.21. The number of aliphatic hydroxyl groups excluding tert-OH is 1. The van der Waals surface area contributed by atoms with Crippen molar-refractivity contribution in [1.82, 2.24) is 10.2 Å². The molecule has 1 aromatic carbocycles. The number of morpholine rings is 1. The number of hydrogen-bond acceptors (Lipinski definition) is 7. The molecule has 3 fully saturated rings. The first-order chi connectivity index (χ1) is 15.3. The lowest BCUT2D eigenvalue weighted by atomic mass is 10.1. The van der Waals surface area contributed by atoms with Gasteiger partial charge >= 0.3 is 6.36 Å². The number of ether oxygens (including phenoxy) is 4. The van der Waals surface area contributed by atoms with Crippen molar-refractivity contribution in [3.05, 3.63) is 29.8 Å². The molecule has 3 aliphatic heterocycles. The summed E-state index contributed by atoms with van der Waals surface area (Å²) in [5.41, 5.74) is 0.343. The largest absolute Gasteiger partial charge is 0.573 e. The number of hydrogen-bond donors (Lipinski definition) is 2. The van der Waals surface area contributed by atoms with Gasteiger partial charge in [0, 0.05) is 38.2 Å². The number of para-hydroxylation sites is 1. The van der Waals surface area contributed by atoms with Gasteiger partial charge in [0.05, 0.1) is 37.9 Å². The maximum atomic E-state index is 12.5. The van der Waals surface area contributed by atoms with E-state index in [-0.39, 0.29) is 43.4 Å². The number of carbonyl (C=O) groups is 1. The maximum Gasteiger partial charge on any atom is 0.573 e. The molecule has 1 aromatic rings. The van der Waals surface area contributed by atoms with Gasteiger partial charge in [-0.25, -0.2) is 0 Å². The van der Waals surface area contributed by atoms with Gasteiger partial charge in [-0.1, -0.05) is 18.2 Å². The molecule has 0 aromatic heterocycles. The molecule has 5 atom stereocenters. The molecular formula is C21H27F3N2O6. The maximum absolute atomic E-state index is 12.5. The number of amides is 1. The van der Waals surface area contributed by atoms with Crippen LogP contribution in [0.4, 0.5) is 13.2 Å². The number of nitrogens with one attached hydrogen (secondary N) is 1. The van der Waals surface area contributed by atoms with E-state index < -0.39 is 24.7 Å². The lowest BCUT2D eigenvalue weighted by Crippen LogP contribution is -2.42. The monoisotopic (exact) mass is 460 g/mol. The number of halogens is 3. The first-order valence-corrected chi connectivity index (χ1v) is 10.7. The van der Waals surface area contributed by atoms with Crippen LogP contribution in [0, 0.1) is 0 Å². The molecule has 32 heavy (non-hydrogen) atoms. The van der Waals surface area contributed by atoms with Crippen LogP contribution >= 0.6 is 0 Å². The summed E-state index contributed by atoms with van der Waals surface area (Å²) in [6.45, 7) is 2.56. The summed E-state index contributed by atoms with van der Waals surface area (Å²) in [5, 5.41) is 13.6. The van der Waals surface area contributed by atoms with E-state index in [1.807, 2.05) is 0 Å². The predicted octanol–water partition coefficient (Wildman–Crippen LogP) is 1.21. The highest BCUT2D eigenvalue weighted by atomic mass is 19.4. The fourth-order valence-electron chi connectivity index (χ4n) is 4.37. The SMILES string of the molecule is O=C(C[C@@H]1C[C@H]2O[C@H](CNCc3ccccc3OC(F)(F)F)[C@@H](O)[C@H]2O1)N1CCOCC1. The molecule has 0 bridgehead atoms. The van der Waals surface area contributed by atoms with E-state index in [0.29, 0.717) is 38.3 Å². The van der Waals surface area contributed by atoms with Crippen LogP contribution in [0.3, 0.4) is 0 Å². The molecule has 178 valence electrons. The standard InChI is InChI=1S/C21H27F3N2O6/c22-21(23,24)32-15-4-2-1-3-13(15)11-25-12-17-19(28)20-16(31-17)9-14(30-20)10-18(27)26-5-7-29-8-6-26/h1-4,14,16-17,19-20,25,28H,5-12H2/t14-,16+,17+,19+,20-/m0/s1. The Morgan fingerprint density at radius 1 is 1.22 bits per heavy atom. The Morgan fingerprint density at radius 3 is 2.69 bits per heavy atom. The average Bonchev–Trinajstić information content (AvgIpc) is 3.27. The Labute approximate surface area is 183 Å². The summed E-state index contributed by atoms with van der Waals surface area (Å²) in [6.07, 6.45) is -6.62. The van der Waals surface area contributed by atoms with Crippen LogP contribution in [-0.2, 0) is 25.5 Å². The van der Waals surface area contributed by atoms with Crippen LogP contribution < -0.4 is 10.1 Å². The Bertz CT molecular complexity index is 789. The molecule has 2 N–H and O–H groups in total. The Balaban J connectivity index is 1.23. The number of alkyl halides is 3. The predicted molar refractivity (Wildman–Crippen MR) is 105 cm³/mol. The average molecular weight is 460 g/mol. The van der Waals surface area contributed by atoms with Crippen LogP contribution in [-0.4, -0.2) is 85.6 Å². The van der Waals surface area contributed by atoms with Crippen molar-refractivity contribution in [2.24, 2.45) is 0 Å². The third-order valence-electron chi connectivity index (χ3n) is 5.90. The number of benzene rings is 1. The topological polar surface area (TPSA) is 89.5 Å². The van der Waals surface area contributed by atoms with Gasteiger partial charge in [0.2, 0.25) is 5.91 Å². The third kappa shape index (κ3) is 5.70. The first-order valence-electron chi connectivity index (χ1n) is 10.7. The van der Waals surface area contributed by atoms with Gasteiger partial charge in [-0.05, 0) is 6.07 Å². The van der Waals surface area contributed by atoms with Crippen LogP contribution in [0.15, 0.2) is 24.3 Å². The van der Waals surface area contributed by atoms with Crippen molar-refractivity contribution in [2.45, 2.75) is 56.3 Å². The van der Waals surface area contributed by atoms with Gasteiger partial charge < -0.3 is 34.3 Å². The molecule has 3 saturated heterocycles. The van der Waals surface area contributed by atoms with Crippen molar-refractivity contribution in [2.75, 3.05) is 32.8 Å². The molecular weight excluding hydrogens is 433 g/mol.